The number of hydrogen-bond acceptors (Lipinski definition) is 2. The van der Waals surface area contributed by atoms with Crippen LogP contribution in [-0.2, 0) is 0 Å². The first-order valence-electron chi connectivity index (χ1n) is 7.55. The minimum absolute atomic E-state index is 0.636. The van der Waals surface area contributed by atoms with Crippen molar-refractivity contribution in [2.24, 2.45) is 5.92 Å². The molecular weight excluding hydrogens is 234 g/mol. The highest BCUT2D eigenvalue weighted by atomic mass is 15.1. The molecule has 0 radical (unpaired) electrons. The van der Waals surface area contributed by atoms with E-state index in [2.05, 4.69) is 40.6 Å². The molecule has 1 aliphatic carbocycles. The van der Waals surface area contributed by atoms with E-state index in [1.807, 2.05) is 6.20 Å². The lowest BCUT2D eigenvalue weighted by Crippen LogP contribution is -2.18. The van der Waals surface area contributed by atoms with E-state index in [4.69, 9.17) is 0 Å². The molecule has 0 spiro atoms. The number of nitrogens with one attached hydrogen (secondary N) is 2. The fraction of sp³-hybridized carbons (Fsp3) is 0.562. The van der Waals surface area contributed by atoms with Crippen LogP contribution in [0.1, 0.15) is 45.4 Å². The van der Waals surface area contributed by atoms with Crippen molar-refractivity contribution in [1.82, 2.24) is 10.2 Å². The van der Waals surface area contributed by atoms with Gasteiger partial charge >= 0.3 is 0 Å². The van der Waals surface area contributed by atoms with Crippen LogP contribution in [0.15, 0.2) is 24.4 Å². The predicted molar refractivity (Wildman–Crippen MR) is 80.4 cm³/mol. The van der Waals surface area contributed by atoms with Crippen molar-refractivity contribution in [3.63, 3.8) is 0 Å². The molecule has 19 heavy (non-hydrogen) atoms. The van der Waals surface area contributed by atoms with E-state index in [9.17, 15) is 0 Å². The topological polar surface area (TPSA) is 40.7 Å². The van der Waals surface area contributed by atoms with Crippen molar-refractivity contribution in [1.29, 1.82) is 0 Å². The summed E-state index contributed by atoms with van der Waals surface area (Å²) < 4.78 is 0. The van der Waals surface area contributed by atoms with Crippen LogP contribution in [0.25, 0.3) is 10.9 Å². The maximum atomic E-state index is 4.07. The smallest absolute Gasteiger partial charge is 0.0670 e. The molecule has 1 saturated carbocycles. The average Bonchev–Trinajstić information content (AvgIpc) is 2.77. The molecule has 0 aliphatic heterocycles. The molecule has 3 rings (SSSR count). The molecule has 1 heterocycles. The molecule has 0 saturated heterocycles. The maximum Gasteiger partial charge on any atom is 0.0670 e. The van der Waals surface area contributed by atoms with Crippen molar-refractivity contribution in [2.75, 3.05) is 5.32 Å². The Hall–Kier alpha value is -1.51. The van der Waals surface area contributed by atoms with Gasteiger partial charge in [-0.25, -0.2) is 0 Å². The SMILES string of the molecule is CCC1CCCC(Nc2ccc3cn[nH]c3c2)CC1. The van der Waals surface area contributed by atoms with Gasteiger partial charge in [0.15, 0.2) is 0 Å². The quantitative estimate of drug-likeness (QED) is 0.803. The summed E-state index contributed by atoms with van der Waals surface area (Å²) >= 11 is 0. The number of rotatable bonds is 3. The van der Waals surface area contributed by atoms with Crippen molar-refractivity contribution in [2.45, 2.75) is 51.5 Å². The normalized spacial score (nSPS) is 24.3. The standard InChI is InChI=1S/C16H23N3/c1-2-12-4-3-5-14(8-6-12)18-15-9-7-13-11-17-19-16(13)10-15/h7,9-12,14,18H,2-6,8H2,1H3,(H,17,19). The molecular formula is C16H23N3. The summed E-state index contributed by atoms with van der Waals surface area (Å²) in [7, 11) is 0. The first kappa shape index (κ1) is 12.5. The lowest BCUT2D eigenvalue weighted by Gasteiger charge is -2.18. The van der Waals surface area contributed by atoms with Crippen LogP contribution in [0.5, 0.6) is 0 Å². The number of fused-ring (bicyclic) bond motifs is 1. The Bertz CT molecular complexity index is 532. The summed E-state index contributed by atoms with van der Waals surface area (Å²) in [6, 6.07) is 7.11. The number of hydrogen-bond donors (Lipinski definition) is 2. The molecule has 1 fully saturated rings. The molecule has 2 atom stereocenters. The van der Waals surface area contributed by atoms with E-state index in [-0.39, 0.29) is 0 Å². The minimum Gasteiger partial charge on any atom is -0.382 e. The number of benzene rings is 1. The fourth-order valence-corrected chi connectivity index (χ4v) is 3.19. The van der Waals surface area contributed by atoms with Gasteiger partial charge in [0.1, 0.15) is 0 Å². The van der Waals surface area contributed by atoms with Gasteiger partial charge in [0.2, 0.25) is 0 Å². The molecule has 3 nitrogen and oxygen atoms in total. The third kappa shape index (κ3) is 2.91. The van der Waals surface area contributed by atoms with Gasteiger partial charge < -0.3 is 5.32 Å². The maximum absolute atomic E-state index is 4.07. The van der Waals surface area contributed by atoms with E-state index in [0.717, 1.165) is 11.4 Å². The molecule has 3 heteroatoms. The van der Waals surface area contributed by atoms with Gasteiger partial charge in [-0.2, -0.15) is 5.10 Å². The third-order valence-corrected chi connectivity index (χ3v) is 4.48. The number of aromatic nitrogens is 2. The molecule has 1 aromatic heterocycles. The Labute approximate surface area is 114 Å². The van der Waals surface area contributed by atoms with Gasteiger partial charge in [-0.1, -0.05) is 26.2 Å². The molecule has 2 unspecified atom stereocenters. The summed E-state index contributed by atoms with van der Waals surface area (Å²) in [6.45, 7) is 2.32. The van der Waals surface area contributed by atoms with Crippen LogP contribution in [0, 0.1) is 5.92 Å². The number of anilines is 1. The van der Waals surface area contributed by atoms with Gasteiger partial charge in [0, 0.05) is 17.1 Å². The van der Waals surface area contributed by atoms with Crippen molar-refractivity contribution >= 4 is 16.6 Å². The third-order valence-electron chi connectivity index (χ3n) is 4.48. The fourth-order valence-electron chi connectivity index (χ4n) is 3.19. The van der Waals surface area contributed by atoms with E-state index in [1.54, 1.807) is 0 Å². The largest absolute Gasteiger partial charge is 0.382 e. The number of H-pyrrole nitrogens is 1. The van der Waals surface area contributed by atoms with Crippen LogP contribution in [0.3, 0.4) is 0 Å². The highest BCUT2D eigenvalue weighted by Gasteiger charge is 2.17. The lowest BCUT2D eigenvalue weighted by molar-refractivity contribution is 0.444. The second-order valence-electron chi connectivity index (χ2n) is 5.80. The van der Waals surface area contributed by atoms with E-state index < -0.39 is 0 Å². The Morgan fingerprint density at radius 2 is 2.21 bits per heavy atom. The zero-order valence-electron chi connectivity index (χ0n) is 11.7. The summed E-state index contributed by atoms with van der Waals surface area (Å²) in [6.07, 6.45) is 9.97. The Kier molecular flexibility index (Phi) is 3.72. The molecule has 1 aromatic carbocycles. The molecule has 0 amide bonds. The van der Waals surface area contributed by atoms with Gasteiger partial charge in [0.05, 0.1) is 11.7 Å². The average molecular weight is 257 g/mol. The number of aromatic amines is 1. The van der Waals surface area contributed by atoms with Crippen LogP contribution < -0.4 is 5.32 Å². The first-order chi connectivity index (χ1) is 9.35. The summed E-state index contributed by atoms with van der Waals surface area (Å²) in [5.74, 6) is 0.946. The van der Waals surface area contributed by atoms with Crippen molar-refractivity contribution in [3.8, 4) is 0 Å². The van der Waals surface area contributed by atoms with Gasteiger partial charge in [0.25, 0.3) is 0 Å². The van der Waals surface area contributed by atoms with Gasteiger partial charge in [-0.05, 0) is 43.4 Å². The zero-order chi connectivity index (χ0) is 13.1. The lowest BCUT2D eigenvalue weighted by atomic mass is 9.98. The molecule has 2 aromatic rings. The molecule has 102 valence electrons. The van der Waals surface area contributed by atoms with E-state index in [1.165, 1.54) is 49.6 Å². The highest BCUT2D eigenvalue weighted by molar-refractivity contribution is 5.81. The Morgan fingerprint density at radius 1 is 1.26 bits per heavy atom. The molecule has 2 N–H and O–H groups in total. The van der Waals surface area contributed by atoms with Crippen LogP contribution in [0.2, 0.25) is 0 Å². The highest BCUT2D eigenvalue weighted by Crippen LogP contribution is 2.27. The minimum atomic E-state index is 0.636. The van der Waals surface area contributed by atoms with Crippen molar-refractivity contribution in [3.05, 3.63) is 24.4 Å². The second-order valence-corrected chi connectivity index (χ2v) is 5.80. The van der Waals surface area contributed by atoms with Crippen LogP contribution in [-0.4, -0.2) is 16.2 Å². The first-order valence-corrected chi connectivity index (χ1v) is 7.55. The molecule has 1 aliphatic rings. The van der Waals surface area contributed by atoms with Crippen molar-refractivity contribution < 1.29 is 0 Å². The van der Waals surface area contributed by atoms with Crippen LogP contribution >= 0.6 is 0 Å². The molecule has 0 bridgehead atoms. The number of nitrogens with zero attached hydrogens (tertiary/aromatic N) is 1. The second kappa shape index (κ2) is 5.64. The van der Waals surface area contributed by atoms with Gasteiger partial charge in [-0.3, -0.25) is 5.10 Å². The predicted octanol–water partition coefficient (Wildman–Crippen LogP) is 4.33. The summed E-state index contributed by atoms with van der Waals surface area (Å²) in [4.78, 5) is 0. The van der Waals surface area contributed by atoms with Crippen LogP contribution in [0.4, 0.5) is 5.69 Å². The van der Waals surface area contributed by atoms with E-state index in [0.29, 0.717) is 6.04 Å². The zero-order valence-corrected chi connectivity index (χ0v) is 11.7. The Morgan fingerprint density at radius 3 is 3.11 bits per heavy atom. The monoisotopic (exact) mass is 257 g/mol. The van der Waals surface area contributed by atoms with E-state index >= 15 is 0 Å². The summed E-state index contributed by atoms with van der Waals surface area (Å²) in [5, 5.41) is 12.0. The Balaban J connectivity index is 1.66. The van der Waals surface area contributed by atoms with Gasteiger partial charge in [-0.15, -0.1) is 0 Å². The summed E-state index contributed by atoms with van der Waals surface area (Å²) in [5.41, 5.74) is 2.33.